The Morgan fingerprint density at radius 3 is 2.82 bits per heavy atom. The molecular formula is C22H24N8O3. The number of pyridine rings is 1. The summed E-state index contributed by atoms with van der Waals surface area (Å²) in [6, 6.07) is 7.25. The van der Waals surface area contributed by atoms with Gasteiger partial charge in [-0.1, -0.05) is 0 Å². The number of piperidine rings is 1. The number of rotatable bonds is 5. The fourth-order valence-corrected chi connectivity index (χ4v) is 4.75. The number of hydrogen-bond acceptors (Lipinski definition) is 9. The number of carbonyl (C=O) groups excluding carboxylic acids is 1. The molecule has 170 valence electrons. The van der Waals surface area contributed by atoms with E-state index in [2.05, 4.69) is 25.2 Å². The number of aliphatic hydroxyl groups is 1. The summed E-state index contributed by atoms with van der Waals surface area (Å²) in [5.41, 5.74) is 1.04. The van der Waals surface area contributed by atoms with E-state index in [1.54, 1.807) is 15.5 Å². The number of likely N-dealkylation sites (tertiary alicyclic amines) is 1. The number of anilines is 1. The molecule has 0 bridgehead atoms. The van der Waals surface area contributed by atoms with Gasteiger partial charge in [-0.15, -0.1) is 15.3 Å². The molecule has 1 amide bonds. The largest absolute Gasteiger partial charge is 0.495 e. The number of nitriles is 1. The van der Waals surface area contributed by atoms with E-state index in [-0.39, 0.29) is 11.3 Å². The molecule has 0 aromatic carbocycles. The van der Waals surface area contributed by atoms with E-state index >= 15 is 0 Å². The molecule has 11 heteroatoms. The quantitative estimate of drug-likeness (QED) is 0.606. The van der Waals surface area contributed by atoms with Crippen LogP contribution in [-0.4, -0.2) is 74.0 Å². The van der Waals surface area contributed by atoms with Crippen molar-refractivity contribution in [2.24, 2.45) is 5.41 Å². The van der Waals surface area contributed by atoms with Crippen LogP contribution in [-0.2, 0) is 4.79 Å². The number of fused-ring (bicyclic) bond motifs is 1. The van der Waals surface area contributed by atoms with E-state index < -0.39 is 6.10 Å². The van der Waals surface area contributed by atoms with Gasteiger partial charge >= 0.3 is 0 Å². The maximum absolute atomic E-state index is 13.4. The van der Waals surface area contributed by atoms with Gasteiger partial charge in [0.2, 0.25) is 5.91 Å². The van der Waals surface area contributed by atoms with Crippen molar-refractivity contribution in [2.75, 3.05) is 38.2 Å². The van der Waals surface area contributed by atoms with Crippen molar-refractivity contribution in [1.82, 2.24) is 29.7 Å². The van der Waals surface area contributed by atoms with E-state index in [0.29, 0.717) is 54.7 Å². The second kappa shape index (κ2) is 8.38. The van der Waals surface area contributed by atoms with Crippen molar-refractivity contribution in [1.29, 1.82) is 5.26 Å². The lowest BCUT2D eigenvalue weighted by Crippen LogP contribution is -2.45. The zero-order valence-corrected chi connectivity index (χ0v) is 18.3. The van der Waals surface area contributed by atoms with Crippen molar-refractivity contribution in [2.45, 2.75) is 25.4 Å². The normalized spacial score (nSPS) is 19.2. The van der Waals surface area contributed by atoms with Gasteiger partial charge in [0.05, 0.1) is 18.2 Å². The molecule has 5 heterocycles. The Labute approximate surface area is 190 Å². The first-order valence-corrected chi connectivity index (χ1v) is 10.9. The van der Waals surface area contributed by atoms with Crippen LogP contribution in [0.15, 0.2) is 30.7 Å². The summed E-state index contributed by atoms with van der Waals surface area (Å²) in [6.07, 6.45) is 4.38. The van der Waals surface area contributed by atoms with Crippen LogP contribution >= 0.6 is 0 Å². The van der Waals surface area contributed by atoms with Crippen LogP contribution in [0.25, 0.3) is 5.65 Å². The Kier molecular flexibility index (Phi) is 5.39. The number of aromatic nitrogens is 5. The second-order valence-electron chi connectivity index (χ2n) is 8.55. The highest BCUT2D eigenvalue weighted by molar-refractivity contribution is 5.99. The highest BCUT2D eigenvalue weighted by Crippen LogP contribution is 2.43. The molecule has 1 spiro atoms. The Morgan fingerprint density at radius 1 is 1.27 bits per heavy atom. The number of carbonyl (C=O) groups is 1. The van der Waals surface area contributed by atoms with Crippen molar-refractivity contribution in [3.8, 4) is 11.8 Å². The molecule has 2 saturated heterocycles. The smallest absolute Gasteiger partial charge is 0.234 e. The van der Waals surface area contributed by atoms with Crippen LogP contribution in [0, 0.1) is 16.7 Å². The molecule has 0 saturated carbocycles. The molecule has 2 fully saturated rings. The Morgan fingerprint density at radius 2 is 2.06 bits per heavy atom. The standard InChI is InChI=1S/C22H24N8O3/c1-33-18-10-16(24-12-15(18)11-23)17(31)13-28-7-4-22(5-8-28)6-9-29(21(22)32)20-3-2-19-26-25-14-30(19)27-20/h2-3,10,12,14,17,31H,4-9,13H2,1H3/t17-/m0/s1. The summed E-state index contributed by atoms with van der Waals surface area (Å²) < 4.78 is 6.79. The number of aliphatic hydroxyl groups excluding tert-OH is 1. The molecule has 1 atom stereocenters. The number of hydrogen-bond donors (Lipinski definition) is 1. The van der Waals surface area contributed by atoms with Crippen LogP contribution in [0.1, 0.15) is 36.6 Å². The van der Waals surface area contributed by atoms with Gasteiger partial charge in [0.1, 0.15) is 29.8 Å². The van der Waals surface area contributed by atoms with Crippen LogP contribution in [0.5, 0.6) is 5.75 Å². The van der Waals surface area contributed by atoms with Crippen molar-refractivity contribution >= 4 is 17.4 Å². The lowest BCUT2D eigenvalue weighted by molar-refractivity contribution is -0.128. The van der Waals surface area contributed by atoms with Crippen LogP contribution < -0.4 is 9.64 Å². The first-order valence-electron chi connectivity index (χ1n) is 10.9. The lowest BCUT2D eigenvalue weighted by Gasteiger charge is -2.38. The molecule has 2 aliphatic rings. The van der Waals surface area contributed by atoms with Gasteiger partial charge in [-0.2, -0.15) is 9.78 Å². The molecule has 0 unspecified atom stereocenters. The van der Waals surface area contributed by atoms with Crippen LogP contribution in [0.3, 0.4) is 0 Å². The van der Waals surface area contributed by atoms with Crippen LogP contribution in [0.2, 0.25) is 0 Å². The highest BCUT2D eigenvalue weighted by atomic mass is 16.5. The highest BCUT2D eigenvalue weighted by Gasteiger charge is 2.49. The van der Waals surface area contributed by atoms with Gasteiger partial charge < -0.3 is 14.7 Å². The van der Waals surface area contributed by atoms with E-state index in [4.69, 9.17) is 10.00 Å². The van der Waals surface area contributed by atoms with E-state index in [1.165, 1.54) is 19.6 Å². The Bertz CT molecular complexity index is 1230. The number of methoxy groups -OCH3 is 1. The first kappa shape index (κ1) is 21.2. The summed E-state index contributed by atoms with van der Waals surface area (Å²) in [4.78, 5) is 21.5. The molecular weight excluding hydrogens is 424 g/mol. The zero-order chi connectivity index (χ0) is 23.0. The molecule has 1 N–H and O–H groups in total. The minimum Gasteiger partial charge on any atom is -0.495 e. The number of amides is 1. The molecule has 5 rings (SSSR count). The third-order valence-electron chi connectivity index (χ3n) is 6.75. The SMILES string of the molecule is COc1cc([C@@H](O)CN2CCC3(CC2)CCN(c2ccc4nncn4n2)C3=O)ncc1C#N. The second-order valence-corrected chi connectivity index (χ2v) is 8.55. The third-order valence-corrected chi connectivity index (χ3v) is 6.75. The molecule has 3 aromatic rings. The van der Waals surface area contributed by atoms with Crippen molar-refractivity contribution in [3.05, 3.63) is 42.0 Å². The third kappa shape index (κ3) is 3.77. The number of ether oxygens (including phenoxy) is 1. The van der Waals surface area contributed by atoms with Crippen molar-refractivity contribution < 1.29 is 14.6 Å². The summed E-state index contributed by atoms with van der Waals surface area (Å²) in [5, 5.41) is 32.1. The predicted molar refractivity (Wildman–Crippen MR) is 116 cm³/mol. The number of β-amino-alcohol motifs (C(OH)–C–C–N with tert-alkyl or cyclic N) is 1. The maximum Gasteiger partial charge on any atom is 0.234 e. The predicted octanol–water partition coefficient (Wildman–Crippen LogP) is 0.952. The fourth-order valence-electron chi connectivity index (χ4n) is 4.75. The van der Waals surface area contributed by atoms with Gasteiger partial charge in [-0.3, -0.25) is 14.7 Å². The van der Waals surface area contributed by atoms with Gasteiger partial charge in [0.25, 0.3) is 0 Å². The molecule has 0 radical (unpaired) electrons. The van der Waals surface area contributed by atoms with E-state index in [0.717, 1.165) is 19.3 Å². The summed E-state index contributed by atoms with van der Waals surface area (Å²) >= 11 is 0. The number of nitrogens with zero attached hydrogens (tertiary/aromatic N) is 8. The summed E-state index contributed by atoms with van der Waals surface area (Å²) in [5.74, 6) is 1.12. The molecule has 11 nitrogen and oxygen atoms in total. The average molecular weight is 448 g/mol. The summed E-state index contributed by atoms with van der Waals surface area (Å²) in [7, 11) is 1.48. The minimum absolute atomic E-state index is 0.112. The summed E-state index contributed by atoms with van der Waals surface area (Å²) in [6.45, 7) is 2.46. The van der Waals surface area contributed by atoms with Gasteiger partial charge in [0, 0.05) is 25.4 Å². The van der Waals surface area contributed by atoms with E-state index in [1.807, 2.05) is 18.2 Å². The van der Waals surface area contributed by atoms with Gasteiger partial charge in [-0.05, 0) is 44.5 Å². The molecule has 0 aliphatic carbocycles. The zero-order valence-electron chi connectivity index (χ0n) is 18.3. The topological polar surface area (TPSA) is 133 Å². The molecule has 33 heavy (non-hydrogen) atoms. The monoisotopic (exact) mass is 448 g/mol. The maximum atomic E-state index is 13.4. The Balaban J connectivity index is 1.22. The Hall–Kier alpha value is -3.62. The minimum atomic E-state index is -0.809. The van der Waals surface area contributed by atoms with Crippen LogP contribution in [0.4, 0.5) is 5.82 Å². The molecule has 3 aromatic heterocycles. The van der Waals surface area contributed by atoms with E-state index in [9.17, 15) is 9.90 Å². The van der Waals surface area contributed by atoms with Gasteiger partial charge in [0.15, 0.2) is 11.5 Å². The van der Waals surface area contributed by atoms with Crippen molar-refractivity contribution in [3.63, 3.8) is 0 Å². The molecule has 2 aliphatic heterocycles. The van der Waals surface area contributed by atoms with Gasteiger partial charge in [-0.25, -0.2) is 0 Å². The fraction of sp³-hybridized carbons (Fsp3) is 0.455. The first-order chi connectivity index (χ1) is 16.0. The average Bonchev–Trinajstić information content (AvgIpc) is 3.44. The lowest BCUT2D eigenvalue weighted by atomic mass is 9.77.